The highest BCUT2D eigenvalue weighted by molar-refractivity contribution is 5.78. The fourth-order valence-electron chi connectivity index (χ4n) is 3.48. The van der Waals surface area contributed by atoms with Crippen LogP contribution in [0.4, 0.5) is 0 Å². The first kappa shape index (κ1) is 19.8. The first-order valence-corrected chi connectivity index (χ1v) is 9.97. The zero-order valence-electron chi connectivity index (χ0n) is 16.0. The molecule has 1 N–H and O–H groups in total. The predicted octanol–water partition coefficient (Wildman–Crippen LogP) is 1.63. The second-order valence-corrected chi connectivity index (χ2v) is 7.60. The molecule has 0 bridgehead atoms. The van der Waals surface area contributed by atoms with Gasteiger partial charge in [0.1, 0.15) is 0 Å². The summed E-state index contributed by atoms with van der Waals surface area (Å²) in [6, 6.07) is 12.6. The minimum Gasteiger partial charge on any atom is -0.374 e. The smallest absolute Gasteiger partial charge is 0.234 e. The molecule has 1 unspecified atom stereocenters. The van der Waals surface area contributed by atoms with Crippen molar-refractivity contribution in [3.05, 3.63) is 35.9 Å². The van der Waals surface area contributed by atoms with Gasteiger partial charge in [0.25, 0.3) is 0 Å². The van der Waals surface area contributed by atoms with E-state index in [1.165, 1.54) is 18.4 Å². The van der Waals surface area contributed by atoms with Gasteiger partial charge in [0, 0.05) is 45.7 Å². The Morgan fingerprint density at radius 1 is 1.33 bits per heavy atom. The molecule has 3 rings (SSSR count). The topological polar surface area (TPSA) is 68.6 Å². The number of morpholine rings is 1. The van der Waals surface area contributed by atoms with Crippen LogP contribution in [0.3, 0.4) is 0 Å². The molecule has 1 aromatic carbocycles. The summed E-state index contributed by atoms with van der Waals surface area (Å²) in [6.45, 7) is 5.88. The zero-order valence-corrected chi connectivity index (χ0v) is 16.0. The van der Waals surface area contributed by atoms with Gasteiger partial charge >= 0.3 is 0 Å². The number of rotatable bonds is 10. The molecule has 1 amide bonds. The molecule has 27 heavy (non-hydrogen) atoms. The molecule has 1 heterocycles. The Balaban J connectivity index is 1.38. The number of nitrogens with one attached hydrogen (secondary N) is 1. The van der Waals surface area contributed by atoms with Crippen LogP contribution in [-0.2, 0) is 16.1 Å². The van der Waals surface area contributed by atoms with Crippen LogP contribution in [0.2, 0.25) is 0 Å². The Morgan fingerprint density at radius 3 is 2.89 bits per heavy atom. The summed E-state index contributed by atoms with van der Waals surface area (Å²) >= 11 is 0. The fourth-order valence-corrected chi connectivity index (χ4v) is 3.48. The van der Waals surface area contributed by atoms with Gasteiger partial charge < -0.3 is 10.1 Å². The third-order valence-electron chi connectivity index (χ3n) is 5.12. The number of ether oxygens (including phenoxy) is 1. The number of benzene rings is 1. The van der Waals surface area contributed by atoms with Crippen molar-refractivity contribution in [2.45, 2.75) is 31.9 Å². The minimum absolute atomic E-state index is 0.0253. The number of carbonyl (C=O) groups is 1. The number of amides is 1. The molecule has 2 aliphatic rings. The van der Waals surface area contributed by atoms with E-state index in [9.17, 15) is 4.79 Å². The molecule has 0 spiro atoms. The molecule has 146 valence electrons. The van der Waals surface area contributed by atoms with Crippen LogP contribution in [0.15, 0.2) is 30.3 Å². The van der Waals surface area contributed by atoms with Crippen molar-refractivity contribution in [2.75, 3.05) is 45.9 Å². The third kappa shape index (κ3) is 7.30. The van der Waals surface area contributed by atoms with Crippen molar-refractivity contribution in [1.82, 2.24) is 15.1 Å². The lowest BCUT2D eigenvalue weighted by molar-refractivity contribution is -0.123. The van der Waals surface area contributed by atoms with E-state index in [0.717, 1.165) is 26.2 Å². The normalized spacial score (nSPS) is 20.4. The first-order valence-electron chi connectivity index (χ1n) is 9.97. The molecular formula is C21H30N4O2. The second-order valence-electron chi connectivity index (χ2n) is 7.60. The van der Waals surface area contributed by atoms with E-state index in [1.54, 1.807) is 0 Å². The van der Waals surface area contributed by atoms with E-state index in [-0.39, 0.29) is 12.0 Å². The summed E-state index contributed by atoms with van der Waals surface area (Å²) < 4.78 is 5.83. The van der Waals surface area contributed by atoms with Gasteiger partial charge in [0.2, 0.25) is 5.91 Å². The maximum Gasteiger partial charge on any atom is 0.234 e. The summed E-state index contributed by atoms with van der Waals surface area (Å²) in [7, 11) is 0. The molecular weight excluding hydrogens is 340 g/mol. The zero-order chi connectivity index (χ0) is 18.9. The Kier molecular flexibility index (Phi) is 7.64. The van der Waals surface area contributed by atoms with E-state index in [4.69, 9.17) is 10.00 Å². The second kappa shape index (κ2) is 10.4. The highest BCUT2D eigenvalue weighted by Crippen LogP contribution is 2.29. The van der Waals surface area contributed by atoms with Gasteiger partial charge in [-0.15, -0.1) is 0 Å². The standard InChI is InChI=1S/C21H30N4O2/c22-9-4-10-24(15-19-7-8-19)17-21(26)23-13-20-16-25(11-12-27-20)14-18-5-2-1-3-6-18/h1-3,5-6,19-20H,4,7-8,10-17H2,(H,23,26). The van der Waals surface area contributed by atoms with Crippen LogP contribution >= 0.6 is 0 Å². The van der Waals surface area contributed by atoms with Crippen molar-refractivity contribution < 1.29 is 9.53 Å². The molecule has 0 radical (unpaired) electrons. The van der Waals surface area contributed by atoms with E-state index in [1.807, 2.05) is 6.07 Å². The first-order chi connectivity index (χ1) is 13.2. The minimum atomic E-state index is 0.0253. The summed E-state index contributed by atoms with van der Waals surface area (Å²) in [5.41, 5.74) is 1.30. The molecule has 6 heteroatoms. The fraction of sp³-hybridized carbons (Fsp3) is 0.619. The SMILES string of the molecule is N#CCCN(CC(=O)NCC1CN(Cc2ccccc2)CCO1)CC1CC1. The van der Waals surface area contributed by atoms with Crippen molar-refractivity contribution in [3.63, 3.8) is 0 Å². The number of nitriles is 1. The maximum absolute atomic E-state index is 12.3. The van der Waals surface area contributed by atoms with Crippen molar-refractivity contribution in [1.29, 1.82) is 5.26 Å². The largest absolute Gasteiger partial charge is 0.374 e. The van der Waals surface area contributed by atoms with E-state index in [0.29, 0.717) is 38.6 Å². The molecule has 1 aliphatic carbocycles. The van der Waals surface area contributed by atoms with Crippen LogP contribution < -0.4 is 5.32 Å². The Labute approximate surface area is 162 Å². The van der Waals surface area contributed by atoms with Crippen molar-refractivity contribution in [3.8, 4) is 6.07 Å². The lowest BCUT2D eigenvalue weighted by atomic mass is 10.2. The lowest BCUT2D eigenvalue weighted by Gasteiger charge is -2.33. The van der Waals surface area contributed by atoms with Gasteiger partial charge in [0.15, 0.2) is 0 Å². The molecule has 6 nitrogen and oxygen atoms in total. The van der Waals surface area contributed by atoms with E-state index >= 15 is 0 Å². The molecule has 1 aromatic rings. The molecule has 2 fully saturated rings. The lowest BCUT2D eigenvalue weighted by Crippen LogP contribution is -2.48. The van der Waals surface area contributed by atoms with E-state index < -0.39 is 0 Å². The van der Waals surface area contributed by atoms with Crippen molar-refractivity contribution in [2.24, 2.45) is 5.92 Å². The highest BCUT2D eigenvalue weighted by atomic mass is 16.5. The number of nitrogens with zero attached hydrogens (tertiary/aromatic N) is 3. The predicted molar refractivity (Wildman–Crippen MR) is 104 cm³/mol. The Bertz CT molecular complexity index is 627. The van der Waals surface area contributed by atoms with Crippen LogP contribution in [0.1, 0.15) is 24.8 Å². The van der Waals surface area contributed by atoms with Crippen LogP contribution in [-0.4, -0.2) is 67.7 Å². The quantitative estimate of drug-likeness (QED) is 0.678. The molecule has 1 atom stereocenters. The van der Waals surface area contributed by atoms with Gasteiger partial charge in [-0.2, -0.15) is 5.26 Å². The van der Waals surface area contributed by atoms with Gasteiger partial charge in [-0.1, -0.05) is 30.3 Å². The summed E-state index contributed by atoms with van der Waals surface area (Å²) in [5, 5.41) is 11.8. The number of hydrogen-bond acceptors (Lipinski definition) is 5. The van der Waals surface area contributed by atoms with Gasteiger partial charge in [0.05, 0.1) is 25.3 Å². The van der Waals surface area contributed by atoms with Gasteiger partial charge in [-0.25, -0.2) is 0 Å². The monoisotopic (exact) mass is 370 g/mol. The number of hydrogen-bond donors (Lipinski definition) is 1. The van der Waals surface area contributed by atoms with Gasteiger partial charge in [-0.3, -0.25) is 14.6 Å². The molecule has 1 saturated carbocycles. The Hall–Kier alpha value is -1.94. The molecule has 0 aromatic heterocycles. The van der Waals surface area contributed by atoms with E-state index in [2.05, 4.69) is 45.5 Å². The molecule has 1 aliphatic heterocycles. The highest BCUT2D eigenvalue weighted by Gasteiger charge is 2.26. The summed E-state index contributed by atoms with van der Waals surface area (Å²) in [6.07, 6.45) is 3.00. The van der Waals surface area contributed by atoms with Crippen LogP contribution in [0.25, 0.3) is 0 Å². The van der Waals surface area contributed by atoms with Crippen molar-refractivity contribution >= 4 is 5.91 Å². The van der Waals surface area contributed by atoms with Gasteiger partial charge in [-0.05, 0) is 24.3 Å². The molecule has 1 saturated heterocycles. The number of carbonyl (C=O) groups excluding carboxylic acids is 1. The Morgan fingerprint density at radius 2 is 2.15 bits per heavy atom. The summed E-state index contributed by atoms with van der Waals surface area (Å²) in [4.78, 5) is 16.8. The maximum atomic E-state index is 12.3. The average Bonchev–Trinajstić information content (AvgIpc) is 3.50. The third-order valence-corrected chi connectivity index (χ3v) is 5.12. The summed E-state index contributed by atoms with van der Waals surface area (Å²) in [5.74, 6) is 0.738. The van der Waals surface area contributed by atoms with Crippen LogP contribution in [0, 0.1) is 17.2 Å². The average molecular weight is 370 g/mol. The van der Waals surface area contributed by atoms with Crippen LogP contribution in [0.5, 0.6) is 0 Å².